The summed E-state index contributed by atoms with van der Waals surface area (Å²) in [6.45, 7) is 3.83. The van der Waals surface area contributed by atoms with E-state index in [0.29, 0.717) is 115 Å². The van der Waals surface area contributed by atoms with E-state index in [1.807, 2.05) is 29.2 Å². The summed E-state index contributed by atoms with van der Waals surface area (Å²) in [6, 6.07) is 3.55. The first-order chi connectivity index (χ1) is 40.6. The first kappa shape index (κ1) is 72.8. The van der Waals surface area contributed by atoms with E-state index in [-0.39, 0.29) is 129 Å². The minimum atomic E-state index is -1.52. The second-order valence-corrected chi connectivity index (χ2v) is 20.5. The van der Waals surface area contributed by atoms with Crippen LogP contribution in [0.3, 0.4) is 0 Å². The quantitative estimate of drug-likeness (QED) is 0.0294. The van der Waals surface area contributed by atoms with Crippen molar-refractivity contribution in [3.05, 3.63) is 59.9 Å². The van der Waals surface area contributed by atoms with Crippen LogP contribution >= 0.6 is 0 Å². The number of urea groups is 1. The van der Waals surface area contributed by atoms with E-state index in [1.165, 1.54) is 0 Å². The van der Waals surface area contributed by atoms with Gasteiger partial charge in [-0.3, -0.25) is 62.7 Å². The molecule has 33 heteroatoms. The number of benzene rings is 1. The van der Waals surface area contributed by atoms with E-state index < -0.39 is 66.3 Å². The van der Waals surface area contributed by atoms with Gasteiger partial charge in [0.05, 0.1) is 38.9 Å². The maximum atomic E-state index is 13.1. The van der Waals surface area contributed by atoms with E-state index in [2.05, 4.69) is 41.5 Å². The van der Waals surface area contributed by atoms with E-state index in [9.17, 15) is 78.6 Å². The maximum Gasteiger partial charge on any atom is 0.326 e. The van der Waals surface area contributed by atoms with Gasteiger partial charge in [-0.2, -0.15) is 0 Å². The Morgan fingerprint density at radius 1 is 0.570 bits per heavy atom. The molecule has 3 radical (unpaired) electrons. The van der Waals surface area contributed by atoms with Gasteiger partial charge in [-0.25, -0.2) is 19.4 Å². The number of aryl methyl sites for hydroxylation is 1. The van der Waals surface area contributed by atoms with Gasteiger partial charge >= 0.3 is 47.8 Å². The fourth-order valence-electron chi connectivity index (χ4n) is 9.06. The van der Waals surface area contributed by atoms with Crippen LogP contribution in [0.15, 0.2) is 42.9 Å². The van der Waals surface area contributed by atoms with Crippen molar-refractivity contribution in [1.82, 2.24) is 70.3 Å². The van der Waals surface area contributed by atoms with Crippen molar-refractivity contribution in [3.8, 4) is 5.75 Å². The Hall–Kier alpha value is -7.46. The fraction of sp³-hybridized carbons (Fsp3) is 0.604. The van der Waals surface area contributed by atoms with Gasteiger partial charge in [0.2, 0.25) is 11.8 Å². The number of hydrogen-bond donors (Lipinski definition) is 11. The zero-order chi connectivity index (χ0) is 62.1. The summed E-state index contributed by atoms with van der Waals surface area (Å²) in [6.07, 6.45) is 7.47. The van der Waals surface area contributed by atoms with Crippen LogP contribution in [0.1, 0.15) is 81.3 Å². The largest absolute Gasteiger partial charge is 0.487 e. The van der Waals surface area contributed by atoms with Crippen LogP contribution in [0.25, 0.3) is 0 Å². The number of unbranched alkanes of at least 4 members (excludes halogenated alkanes) is 3. The molecule has 4 amide bonds. The number of aliphatic carboxylic acids is 7. The number of nitrogens with zero attached hydrogens (tertiary/aromatic N) is 10. The van der Waals surface area contributed by atoms with Crippen molar-refractivity contribution < 1.29 is 88.4 Å². The van der Waals surface area contributed by atoms with Gasteiger partial charge in [-0.1, -0.05) is 23.8 Å². The molecule has 0 spiro atoms. The molecule has 1 saturated heterocycles. The first-order valence-electron chi connectivity index (χ1n) is 28.0. The molecule has 86 heavy (non-hydrogen) atoms. The Labute approximate surface area is 514 Å². The van der Waals surface area contributed by atoms with Crippen LogP contribution in [-0.4, -0.2) is 281 Å². The molecular formula is C53H80InN14O18. The summed E-state index contributed by atoms with van der Waals surface area (Å²) < 4.78 is 9.21. The standard InChI is InChI=1S/C53H80N14O18.In/c68-44(55-15-4-3-7-41(51(80)81)57-53(84)58-42(52(82)83)13-14-46(70)71)8-2-1-5-18-65(31-43-54-17-20-66(43)36-50(78)79)29-38-9-11-40(12-10-38)85-37-39-30-67(60-59-39)19-6-16-56-45(69)32-61-21-23-62(33-47(72)73)25-27-64(35-49(76)77)28-26-63(24-22-61)34-48(74)75;/h9-12,17,20,30,41-42H,1-8,13-16,18-19,21-29,31-37H2,(H,55,68)(H,56,69)(H,70,71)(H,72,73)(H,74,75)(H,76,77)(H,78,79)(H,80,81)(H,82,83)(H2,57,58,84);/t41-,42-;/m0./s1. The second kappa shape index (κ2) is 40.0. The van der Waals surface area contributed by atoms with Gasteiger partial charge in [0.25, 0.3) is 0 Å². The van der Waals surface area contributed by atoms with Crippen molar-refractivity contribution in [2.75, 3.05) is 98.2 Å². The average molecular weight is 1320 g/mol. The second-order valence-electron chi connectivity index (χ2n) is 20.5. The molecule has 0 bridgehead atoms. The molecule has 0 saturated carbocycles. The zero-order valence-corrected chi connectivity index (χ0v) is 51.4. The Balaban J connectivity index is 0.0000194. The van der Waals surface area contributed by atoms with Crippen molar-refractivity contribution >= 4 is 85.5 Å². The number of carbonyl (C=O) groups is 10. The predicted octanol–water partition coefficient (Wildman–Crippen LogP) is -1.34. The molecule has 473 valence electrons. The predicted molar refractivity (Wildman–Crippen MR) is 304 cm³/mol. The summed E-state index contributed by atoms with van der Waals surface area (Å²) in [5.41, 5.74) is 1.52. The number of nitrogens with one attached hydrogen (secondary N) is 4. The molecule has 1 fully saturated rings. The van der Waals surface area contributed by atoms with Crippen LogP contribution in [-0.2, 0) is 75.9 Å². The number of hydrogen-bond acceptors (Lipinski definition) is 19. The maximum absolute atomic E-state index is 13.1. The summed E-state index contributed by atoms with van der Waals surface area (Å²) in [7, 11) is 0. The number of carboxylic acids is 7. The van der Waals surface area contributed by atoms with Crippen molar-refractivity contribution in [3.63, 3.8) is 0 Å². The minimum absolute atomic E-state index is 0. The van der Waals surface area contributed by atoms with Gasteiger partial charge in [0.1, 0.15) is 42.5 Å². The van der Waals surface area contributed by atoms with Gasteiger partial charge in [0.15, 0.2) is 0 Å². The number of aromatic nitrogens is 5. The molecule has 1 aromatic carbocycles. The van der Waals surface area contributed by atoms with Crippen molar-refractivity contribution in [2.45, 2.75) is 109 Å². The van der Waals surface area contributed by atoms with E-state index in [0.717, 1.165) is 5.56 Å². The molecule has 2 atom stereocenters. The molecule has 3 aromatic rings. The molecule has 32 nitrogen and oxygen atoms in total. The first-order valence-corrected chi connectivity index (χ1v) is 28.0. The van der Waals surface area contributed by atoms with Crippen LogP contribution in [0, 0.1) is 0 Å². The average Bonchev–Trinajstić information content (AvgIpc) is 4.32. The van der Waals surface area contributed by atoms with Gasteiger partial charge < -0.3 is 66.3 Å². The number of imidazole rings is 1. The fourth-order valence-corrected chi connectivity index (χ4v) is 9.06. The SMILES string of the molecule is O=C(O)CC[C@H](NC(=O)N[C@@H](CCCCNC(=O)CCCCCN(Cc1ccc(OCc2cn(CCCNC(=O)CN3CCN(CC(=O)O)CCN(CC(=O)O)CCN(CC(=O)O)CC3)nn2)cc1)Cc1nccn1CC(=O)O)C(=O)O)C(=O)O.[In]. The molecule has 1 aliphatic rings. The van der Waals surface area contributed by atoms with E-state index in [4.69, 9.17) is 9.84 Å². The summed E-state index contributed by atoms with van der Waals surface area (Å²) in [4.78, 5) is 132. The van der Waals surface area contributed by atoms with Crippen molar-refractivity contribution in [2.24, 2.45) is 0 Å². The molecule has 2 aromatic heterocycles. The monoisotopic (exact) mass is 1320 g/mol. The number of ether oxygens (including phenoxy) is 1. The summed E-state index contributed by atoms with van der Waals surface area (Å²) in [5, 5.41) is 83.8. The van der Waals surface area contributed by atoms with Crippen LogP contribution in [0.2, 0.25) is 0 Å². The third-order valence-corrected chi connectivity index (χ3v) is 13.5. The topological polar surface area (TPSA) is 434 Å². The molecule has 1 aliphatic heterocycles. The Bertz CT molecular complexity index is 2610. The van der Waals surface area contributed by atoms with Crippen molar-refractivity contribution in [1.29, 1.82) is 0 Å². The van der Waals surface area contributed by atoms with Gasteiger partial charge in [-0.05, 0) is 69.2 Å². The molecule has 3 heterocycles. The van der Waals surface area contributed by atoms with Gasteiger partial charge in [0, 0.05) is 130 Å². The smallest absolute Gasteiger partial charge is 0.326 e. The number of amides is 4. The van der Waals surface area contributed by atoms with Crippen LogP contribution in [0.5, 0.6) is 5.75 Å². The third kappa shape index (κ3) is 31.1. The Kier molecular flexibility index (Phi) is 33.9. The minimum Gasteiger partial charge on any atom is -0.487 e. The molecule has 11 N–H and O–H groups in total. The Morgan fingerprint density at radius 3 is 1.65 bits per heavy atom. The number of rotatable bonds is 39. The van der Waals surface area contributed by atoms with Crippen LogP contribution < -0.4 is 26.0 Å². The van der Waals surface area contributed by atoms with E-state index in [1.54, 1.807) is 42.5 Å². The molecule has 0 unspecified atom stereocenters. The summed E-state index contributed by atoms with van der Waals surface area (Å²) in [5.74, 6) is -7.50. The molecule has 0 aliphatic carbocycles. The molecule has 4 rings (SSSR count). The van der Waals surface area contributed by atoms with Crippen LogP contribution in [0.4, 0.5) is 4.79 Å². The number of carboxylic acid groups (broad SMARTS) is 7. The third-order valence-electron chi connectivity index (χ3n) is 13.5. The molecular weight excluding hydrogens is 1240 g/mol. The van der Waals surface area contributed by atoms with E-state index >= 15 is 0 Å². The van der Waals surface area contributed by atoms with Gasteiger partial charge in [-0.15, -0.1) is 5.10 Å². The summed E-state index contributed by atoms with van der Waals surface area (Å²) >= 11 is 0. The zero-order valence-electron chi connectivity index (χ0n) is 48.1. The Morgan fingerprint density at radius 2 is 1.10 bits per heavy atom. The number of carbonyl (C=O) groups excluding carboxylic acids is 3. The normalized spacial score (nSPS) is 14.5.